The Morgan fingerprint density at radius 1 is 1.32 bits per heavy atom. The lowest BCUT2D eigenvalue weighted by Crippen LogP contribution is -2.43. The van der Waals surface area contributed by atoms with Crippen molar-refractivity contribution in [3.05, 3.63) is 29.8 Å². The molecule has 106 valence electrons. The van der Waals surface area contributed by atoms with Crippen LogP contribution in [0.25, 0.3) is 0 Å². The van der Waals surface area contributed by atoms with Gasteiger partial charge in [-0.25, -0.2) is 0 Å². The molecule has 0 radical (unpaired) electrons. The Morgan fingerprint density at radius 2 is 2.11 bits per heavy atom. The molecule has 1 fully saturated rings. The van der Waals surface area contributed by atoms with E-state index in [1.807, 2.05) is 0 Å². The van der Waals surface area contributed by atoms with Crippen molar-refractivity contribution < 1.29 is 4.74 Å². The van der Waals surface area contributed by atoms with Crippen molar-refractivity contribution in [1.82, 2.24) is 10.2 Å². The normalized spacial score (nSPS) is 20.4. The summed E-state index contributed by atoms with van der Waals surface area (Å²) in [6.45, 7) is 6.28. The first-order valence-electron chi connectivity index (χ1n) is 7.41. The summed E-state index contributed by atoms with van der Waals surface area (Å²) in [7, 11) is 2.20. The van der Waals surface area contributed by atoms with Gasteiger partial charge in [-0.1, -0.05) is 19.1 Å². The van der Waals surface area contributed by atoms with Crippen molar-refractivity contribution in [2.75, 3.05) is 26.7 Å². The number of rotatable bonds is 6. The lowest BCUT2D eigenvalue weighted by molar-refractivity contribution is 0.226. The Bertz CT molecular complexity index is 364. The average Bonchev–Trinajstić information content (AvgIpc) is 2.44. The molecule has 1 saturated heterocycles. The van der Waals surface area contributed by atoms with E-state index in [0.29, 0.717) is 6.04 Å². The molecule has 1 aromatic carbocycles. The van der Waals surface area contributed by atoms with Crippen molar-refractivity contribution in [2.45, 2.75) is 38.8 Å². The van der Waals surface area contributed by atoms with Crippen LogP contribution in [-0.2, 0) is 6.54 Å². The van der Waals surface area contributed by atoms with Crippen LogP contribution in [0.15, 0.2) is 24.3 Å². The van der Waals surface area contributed by atoms with E-state index < -0.39 is 0 Å². The fourth-order valence-corrected chi connectivity index (χ4v) is 2.52. The Hall–Kier alpha value is -1.06. The molecule has 1 aliphatic heterocycles. The van der Waals surface area contributed by atoms with Gasteiger partial charge in [-0.2, -0.15) is 0 Å². The van der Waals surface area contributed by atoms with E-state index in [1.54, 1.807) is 0 Å². The second-order valence-corrected chi connectivity index (χ2v) is 5.47. The number of nitrogens with one attached hydrogen (secondary N) is 1. The van der Waals surface area contributed by atoms with Gasteiger partial charge in [0.1, 0.15) is 5.75 Å². The number of piperidine rings is 1. The fraction of sp³-hybridized carbons (Fsp3) is 0.625. The monoisotopic (exact) mass is 262 g/mol. The largest absolute Gasteiger partial charge is 0.494 e. The summed E-state index contributed by atoms with van der Waals surface area (Å²) >= 11 is 0. The molecule has 2 rings (SSSR count). The summed E-state index contributed by atoms with van der Waals surface area (Å²) in [4.78, 5) is 2.41. The third kappa shape index (κ3) is 4.84. The van der Waals surface area contributed by atoms with Crippen LogP contribution >= 0.6 is 0 Å². The highest BCUT2D eigenvalue weighted by Gasteiger charge is 2.15. The first-order chi connectivity index (χ1) is 9.28. The van der Waals surface area contributed by atoms with Gasteiger partial charge < -0.3 is 15.0 Å². The molecule has 3 nitrogen and oxygen atoms in total. The van der Waals surface area contributed by atoms with Gasteiger partial charge in [0.15, 0.2) is 0 Å². The van der Waals surface area contributed by atoms with Crippen molar-refractivity contribution in [1.29, 1.82) is 0 Å². The number of hydrogen-bond donors (Lipinski definition) is 1. The van der Waals surface area contributed by atoms with Gasteiger partial charge in [0.2, 0.25) is 0 Å². The minimum absolute atomic E-state index is 0.634. The average molecular weight is 262 g/mol. The van der Waals surface area contributed by atoms with Crippen LogP contribution in [0.3, 0.4) is 0 Å². The van der Waals surface area contributed by atoms with E-state index in [9.17, 15) is 0 Å². The molecule has 1 aliphatic rings. The van der Waals surface area contributed by atoms with Crippen molar-refractivity contribution >= 4 is 0 Å². The van der Waals surface area contributed by atoms with Crippen LogP contribution in [0.4, 0.5) is 0 Å². The number of nitrogens with zero attached hydrogens (tertiary/aromatic N) is 1. The van der Waals surface area contributed by atoms with Crippen LogP contribution in [0.5, 0.6) is 5.75 Å². The highest BCUT2D eigenvalue weighted by molar-refractivity contribution is 5.27. The zero-order valence-corrected chi connectivity index (χ0v) is 12.2. The third-order valence-electron chi connectivity index (χ3n) is 3.62. The van der Waals surface area contributed by atoms with E-state index >= 15 is 0 Å². The highest BCUT2D eigenvalue weighted by Crippen LogP contribution is 2.13. The zero-order chi connectivity index (χ0) is 13.5. The first kappa shape index (κ1) is 14.4. The summed E-state index contributed by atoms with van der Waals surface area (Å²) in [6.07, 6.45) is 3.65. The van der Waals surface area contributed by atoms with E-state index in [4.69, 9.17) is 4.74 Å². The summed E-state index contributed by atoms with van der Waals surface area (Å²) in [6, 6.07) is 9.09. The number of likely N-dealkylation sites (tertiary alicyclic amines) is 1. The van der Waals surface area contributed by atoms with E-state index in [0.717, 1.165) is 31.9 Å². The van der Waals surface area contributed by atoms with Gasteiger partial charge in [-0.05, 0) is 50.6 Å². The summed E-state index contributed by atoms with van der Waals surface area (Å²) < 4.78 is 5.59. The van der Waals surface area contributed by atoms with Crippen molar-refractivity contribution in [3.8, 4) is 5.75 Å². The predicted molar refractivity (Wildman–Crippen MR) is 79.6 cm³/mol. The van der Waals surface area contributed by atoms with Crippen LogP contribution in [0, 0.1) is 0 Å². The smallest absolute Gasteiger partial charge is 0.119 e. The van der Waals surface area contributed by atoms with Gasteiger partial charge in [0, 0.05) is 19.1 Å². The van der Waals surface area contributed by atoms with Gasteiger partial charge in [0.25, 0.3) is 0 Å². The molecule has 1 unspecified atom stereocenters. The van der Waals surface area contributed by atoms with Crippen molar-refractivity contribution in [3.63, 3.8) is 0 Å². The molecule has 1 N–H and O–H groups in total. The molecule has 0 bridgehead atoms. The number of ether oxygens (including phenoxy) is 1. The molecule has 1 atom stereocenters. The molecule has 0 amide bonds. The third-order valence-corrected chi connectivity index (χ3v) is 3.62. The maximum absolute atomic E-state index is 5.59. The predicted octanol–water partition coefficient (Wildman–Crippen LogP) is 2.66. The van der Waals surface area contributed by atoms with Crippen LogP contribution in [-0.4, -0.2) is 37.7 Å². The molecule has 3 heteroatoms. The number of likely N-dealkylation sites (N-methyl/N-ethyl adjacent to an activating group) is 1. The second kappa shape index (κ2) is 7.51. The lowest BCUT2D eigenvalue weighted by Gasteiger charge is -2.30. The Morgan fingerprint density at radius 3 is 2.79 bits per heavy atom. The van der Waals surface area contributed by atoms with Gasteiger partial charge >= 0.3 is 0 Å². The van der Waals surface area contributed by atoms with E-state index in [2.05, 4.69) is 48.5 Å². The first-order valence-corrected chi connectivity index (χ1v) is 7.41. The lowest BCUT2D eigenvalue weighted by atomic mass is 10.1. The summed E-state index contributed by atoms with van der Waals surface area (Å²) in [5.41, 5.74) is 1.33. The second-order valence-electron chi connectivity index (χ2n) is 5.47. The van der Waals surface area contributed by atoms with Gasteiger partial charge in [-0.3, -0.25) is 0 Å². The summed E-state index contributed by atoms with van der Waals surface area (Å²) in [5, 5.41) is 3.65. The molecule has 0 aliphatic carbocycles. The molecule has 0 saturated carbocycles. The maximum atomic E-state index is 5.59. The molecule has 1 heterocycles. The maximum Gasteiger partial charge on any atom is 0.119 e. The Labute approximate surface area is 116 Å². The zero-order valence-electron chi connectivity index (χ0n) is 12.2. The standard InChI is InChI=1S/C16H26N2O/c1-3-11-19-16-8-6-14(7-9-16)12-17-15-5-4-10-18(2)13-15/h6-9,15,17H,3-5,10-13H2,1-2H3. The van der Waals surface area contributed by atoms with Gasteiger partial charge in [-0.15, -0.1) is 0 Å². The quantitative estimate of drug-likeness (QED) is 0.853. The fourth-order valence-electron chi connectivity index (χ4n) is 2.52. The molecule has 0 spiro atoms. The number of hydrogen-bond acceptors (Lipinski definition) is 3. The SMILES string of the molecule is CCCOc1ccc(CNC2CCCN(C)C2)cc1. The topological polar surface area (TPSA) is 24.5 Å². The highest BCUT2D eigenvalue weighted by atomic mass is 16.5. The summed E-state index contributed by atoms with van der Waals surface area (Å²) in [5.74, 6) is 0.975. The number of benzene rings is 1. The molecular weight excluding hydrogens is 236 g/mol. The minimum Gasteiger partial charge on any atom is -0.494 e. The Balaban J connectivity index is 1.76. The van der Waals surface area contributed by atoms with Crippen LogP contribution in [0.2, 0.25) is 0 Å². The van der Waals surface area contributed by atoms with Crippen molar-refractivity contribution in [2.24, 2.45) is 0 Å². The molecular formula is C16H26N2O. The van der Waals surface area contributed by atoms with Gasteiger partial charge in [0.05, 0.1) is 6.61 Å². The molecule has 1 aromatic rings. The molecule has 0 aromatic heterocycles. The van der Waals surface area contributed by atoms with E-state index in [-0.39, 0.29) is 0 Å². The molecule has 19 heavy (non-hydrogen) atoms. The van der Waals surface area contributed by atoms with Crippen LogP contribution in [0.1, 0.15) is 31.7 Å². The minimum atomic E-state index is 0.634. The van der Waals surface area contributed by atoms with Crippen LogP contribution < -0.4 is 10.1 Å². The Kier molecular flexibility index (Phi) is 5.67. The van der Waals surface area contributed by atoms with E-state index in [1.165, 1.54) is 24.9 Å².